The van der Waals surface area contributed by atoms with Crippen molar-refractivity contribution < 1.29 is 4.79 Å². The highest BCUT2D eigenvalue weighted by molar-refractivity contribution is 5.93. The molecule has 1 heterocycles. The van der Waals surface area contributed by atoms with E-state index >= 15 is 0 Å². The number of aryl methyl sites for hydroxylation is 1. The summed E-state index contributed by atoms with van der Waals surface area (Å²) < 4.78 is 0. The molecular weight excluding hydrogens is 264 g/mol. The van der Waals surface area contributed by atoms with Crippen LogP contribution >= 0.6 is 0 Å². The smallest absolute Gasteiger partial charge is 0.248 e. The summed E-state index contributed by atoms with van der Waals surface area (Å²) in [5, 5.41) is 0. The number of nitrogens with zero attached hydrogens (tertiary/aromatic N) is 2. The van der Waals surface area contributed by atoms with Crippen LogP contribution < -0.4 is 16.4 Å². The van der Waals surface area contributed by atoms with Crippen LogP contribution in [0.3, 0.4) is 0 Å². The van der Waals surface area contributed by atoms with Crippen LogP contribution in [0.25, 0.3) is 0 Å². The lowest BCUT2D eigenvalue weighted by molar-refractivity contribution is 0.1000. The molecule has 1 amide bonds. The zero-order valence-corrected chi connectivity index (χ0v) is 12.3. The third-order valence-corrected chi connectivity index (χ3v) is 3.28. The molecular formula is C16H20N4O. The van der Waals surface area contributed by atoms with Gasteiger partial charge in [-0.05, 0) is 43.7 Å². The number of benzene rings is 1. The quantitative estimate of drug-likeness (QED) is 0.823. The number of hydrogen-bond acceptors (Lipinski definition) is 4. The molecule has 0 fully saturated rings. The van der Waals surface area contributed by atoms with E-state index in [9.17, 15) is 4.79 Å². The fourth-order valence-electron chi connectivity index (χ4n) is 2.15. The predicted octanol–water partition coefficient (Wildman–Crippen LogP) is 2.10. The van der Waals surface area contributed by atoms with E-state index in [1.54, 1.807) is 12.1 Å². The number of carbonyl (C=O) groups excluding carboxylic acids is 1. The van der Waals surface area contributed by atoms with Crippen molar-refractivity contribution in [3.63, 3.8) is 0 Å². The number of nitrogens with two attached hydrogens (primary N) is 2. The minimum absolute atomic E-state index is 0.440. The van der Waals surface area contributed by atoms with Crippen molar-refractivity contribution in [1.82, 2.24) is 4.98 Å². The lowest BCUT2D eigenvalue weighted by atomic mass is 10.1. The van der Waals surface area contributed by atoms with Crippen molar-refractivity contribution in [1.29, 1.82) is 0 Å². The molecule has 0 aliphatic heterocycles. The molecule has 0 bridgehead atoms. The molecule has 21 heavy (non-hydrogen) atoms. The Hall–Kier alpha value is -2.56. The molecule has 4 N–H and O–H groups in total. The van der Waals surface area contributed by atoms with Crippen molar-refractivity contribution in [2.24, 2.45) is 5.73 Å². The summed E-state index contributed by atoms with van der Waals surface area (Å²) in [5.41, 5.74) is 14.2. The molecule has 0 aliphatic rings. The third kappa shape index (κ3) is 3.72. The zero-order chi connectivity index (χ0) is 15.4. The van der Waals surface area contributed by atoms with Gasteiger partial charge in [-0.25, -0.2) is 4.98 Å². The summed E-state index contributed by atoms with van der Waals surface area (Å²) >= 11 is 0. The summed E-state index contributed by atoms with van der Waals surface area (Å²) in [7, 11) is 0. The Morgan fingerprint density at radius 2 is 1.90 bits per heavy atom. The topological polar surface area (TPSA) is 85.2 Å². The maximum atomic E-state index is 11.4. The molecule has 110 valence electrons. The average molecular weight is 284 g/mol. The maximum absolute atomic E-state index is 11.4. The molecule has 2 aromatic rings. The zero-order valence-electron chi connectivity index (χ0n) is 12.3. The highest BCUT2D eigenvalue weighted by atomic mass is 16.1. The Balaban J connectivity index is 2.28. The number of amides is 1. The van der Waals surface area contributed by atoms with E-state index in [1.165, 1.54) is 0 Å². The Morgan fingerprint density at radius 3 is 2.48 bits per heavy atom. The number of pyridine rings is 1. The van der Waals surface area contributed by atoms with Gasteiger partial charge in [0.05, 0.1) is 0 Å². The largest absolute Gasteiger partial charge is 0.399 e. The van der Waals surface area contributed by atoms with Crippen LogP contribution in [0.2, 0.25) is 0 Å². The van der Waals surface area contributed by atoms with Crippen molar-refractivity contribution in [2.75, 3.05) is 17.2 Å². The van der Waals surface area contributed by atoms with Crippen LogP contribution in [-0.2, 0) is 6.54 Å². The van der Waals surface area contributed by atoms with Crippen LogP contribution in [0.1, 0.15) is 28.5 Å². The number of hydrogen-bond donors (Lipinski definition) is 2. The van der Waals surface area contributed by atoms with E-state index in [0.29, 0.717) is 12.1 Å². The minimum atomic E-state index is -0.440. The van der Waals surface area contributed by atoms with Gasteiger partial charge in [0.25, 0.3) is 0 Å². The van der Waals surface area contributed by atoms with Crippen LogP contribution in [0.4, 0.5) is 11.5 Å². The second-order valence-corrected chi connectivity index (χ2v) is 4.98. The summed E-state index contributed by atoms with van der Waals surface area (Å²) in [4.78, 5) is 18.0. The monoisotopic (exact) mass is 284 g/mol. The van der Waals surface area contributed by atoms with Crippen LogP contribution in [0.15, 0.2) is 36.4 Å². The normalized spacial score (nSPS) is 10.4. The number of primary amides is 1. The Morgan fingerprint density at radius 1 is 1.24 bits per heavy atom. The van der Waals surface area contributed by atoms with Crippen LogP contribution in [0.5, 0.6) is 0 Å². The van der Waals surface area contributed by atoms with E-state index in [0.717, 1.165) is 29.3 Å². The Kier molecular flexibility index (Phi) is 4.42. The molecule has 0 saturated heterocycles. The summed E-state index contributed by atoms with van der Waals surface area (Å²) in [6.45, 7) is 5.38. The molecule has 5 heteroatoms. The first-order chi connectivity index (χ1) is 9.99. The van der Waals surface area contributed by atoms with Gasteiger partial charge in [-0.2, -0.15) is 0 Å². The molecule has 5 nitrogen and oxygen atoms in total. The fourth-order valence-corrected chi connectivity index (χ4v) is 2.15. The fraction of sp³-hybridized carbons (Fsp3) is 0.250. The van der Waals surface area contributed by atoms with Crippen molar-refractivity contribution in [2.45, 2.75) is 20.4 Å². The Labute approximate surface area is 124 Å². The first kappa shape index (κ1) is 14.8. The summed E-state index contributed by atoms with van der Waals surface area (Å²) in [6.07, 6.45) is 0. The maximum Gasteiger partial charge on any atom is 0.248 e. The highest BCUT2D eigenvalue weighted by Gasteiger charge is 2.11. The van der Waals surface area contributed by atoms with Gasteiger partial charge >= 0.3 is 0 Å². The predicted molar refractivity (Wildman–Crippen MR) is 85.1 cm³/mol. The number of anilines is 2. The number of rotatable bonds is 5. The third-order valence-electron chi connectivity index (χ3n) is 3.28. The number of nitrogen functional groups attached to an aromatic ring is 1. The van der Waals surface area contributed by atoms with Gasteiger partial charge in [0.15, 0.2) is 0 Å². The first-order valence-corrected chi connectivity index (χ1v) is 6.87. The molecule has 1 aromatic heterocycles. The van der Waals surface area contributed by atoms with E-state index in [2.05, 4.69) is 9.88 Å². The molecule has 0 aliphatic carbocycles. The minimum Gasteiger partial charge on any atom is -0.399 e. The summed E-state index contributed by atoms with van der Waals surface area (Å²) in [6, 6.07) is 11.2. The van der Waals surface area contributed by atoms with Crippen molar-refractivity contribution >= 4 is 17.4 Å². The van der Waals surface area contributed by atoms with Gasteiger partial charge in [0, 0.05) is 30.0 Å². The molecule has 0 radical (unpaired) electrons. The van der Waals surface area contributed by atoms with Crippen LogP contribution in [0, 0.1) is 6.92 Å². The number of aromatic nitrogens is 1. The molecule has 0 unspecified atom stereocenters. The molecule has 0 spiro atoms. The van der Waals surface area contributed by atoms with Gasteiger partial charge in [-0.1, -0.05) is 12.1 Å². The van der Waals surface area contributed by atoms with Gasteiger partial charge in [-0.3, -0.25) is 4.79 Å². The lowest BCUT2D eigenvalue weighted by Crippen LogP contribution is -2.24. The number of carbonyl (C=O) groups is 1. The van der Waals surface area contributed by atoms with Crippen molar-refractivity contribution in [3.8, 4) is 0 Å². The van der Waals surface area contributed by atoms with E-state index in [1.807, 2.05) is 38.1 Å². The average Bonchev–Trinajstić information content (AvgIpc) is 2.46. The molecule has 2 rings (SSSR count). The SMILES string of the molecule is CCN(Cc1ccc(N)cc1)c1cc(C(N)=O)cc(C)n1. The van der Waals surface area contributed by atoms with Crippen LogP contribution in [-0.4, -0.2) is 17.4 Å². The second-order valence-electron chi connectivity index (χ2n) is 4.98. The molecule has 1 aromatic carbocycles. The van der Waals surface area contributed by atoms with E-state index in [-0.39, 0.29) is 0 Å². The first-order valence-electron chi connectivity index (χ1n) is 6.87. The van der Waals surface area contributed by atoms with Gasteiger partial charge in [0.2, 0.25) is 5.91 Å². The van der Waals surface area contributed by atoms with E-state index < -0.39 is 5.91 Å². The van der Waals surface area contributed by atoms with Gasteiger partial charge in [-0.15, -0.1) is 0 Å². The highest BCUT2D eigenvalue weighted by Crippen LogP contribution is 2.18. The van der Waals surface area contributed by atoms with Gasteiger partial charge in [0.1, 0.15) is 5.82 Å². The van der Waals surface area contributed by atoms with Crippen molar-refractivity contribution in [3.05, 3.63) is 53.2 Å². The van der Waals surface area contributed by atoms with E-state index in [4.69, 9.17) is 11.5 Å². The standard InChI is InChI=1S/C16H20N4O/c1-3-20(10-12-4-6-14(17)7-5-12)15-9-13(16(18)21)8-11(2)19-15/h4-9H,3,10,17H2,1-2H3,(H2,18,21). The Bertz CT molecular complexity index is 637. The summed E-state index contributed by atoms with van der Waals surface area (Å²) in [5.74, 6) is 0.313. The van der Waals surface area contributed by atoms with Gasteiger partial charge < -0.3 is 16.4 Å². The lowest BCUT2D eigenvalue weighted by Gasteiger charge is -2.23. The second kappa shape index (κ2) is 6.26. The molecule has 0 atom stereocenters. The molecule has 0 saturated carbocycles.